The van der Waals surface area contributed by atoms with Crippen LogP contribution >= 0.6 is 0 Å². The Morgan fingerprint density at radius 1 is 1.47 bits per heavy atom. The molecule has 2 N–H and O–H groups in total. The molecule has 0 bridgehead atoms. The Bertz CT molecular complexity index is 579. The van der Waals surface area contributed by atoms with Gasteiger partial charge in [0.15, 0.2) is 5.82 Å². The average Bonchev–Trinajstić information content (AvgIpc) is 2.72. The first-order valence-corrected chi connectivity index (χ1v) is 5.04. The lowest BCUT2D eigenvalue weighted by molar-refractivity contribution is 0.668. The van der Waals surface area contributed by atoms with Crippen molar-refractivity contribution in [1.82, 2.24) is 24.7 Å². The van der Waals surface area contributed by atoms with Crippen LogP contribution in [0.3, 0.4) is 0 Å². The second-order valence-electron chi connectivity index (χ2n) is 3.57. The van der Waals surface area contributed by atoms with Crippen LogP contribution in [-0.4, -0.2) is 24.7 Å². The molecule has 0 saturated heterocycles. The predicted molar refractivity (Wildman–Crippen MR) is 59.0 cm³/mol. The summed E-state index contributed by atoms with van der Waals surface area (Å²) in [4.78, 5) is 12.3. The largest absolute Gasteiger partial charge is 0.322 e. The Hall–Kier alpha value is -2.33. The Balaban J connectivity index is 2.56. The highest BCUT2D eigenvalue weighted by molar-refractivity contribution is 5.23. The normalized spacial score (nSPS) is 12.1. The molecule has 0 aliphatic rings. The molecule has 2 rings (SSSR count). The summed E-state index contributed by atoms with van der Waals surface area (Å²) in [7, 11) is 0. The van der Waals surface area contributed by atoms with Crippen LogP contribution in [0.25, 0.3) is 5.95 Å². The zero-order valence-corrected chi connectivity index (χ0v) is 9.49. The van der Waals surface area contributed by atoms with Crippen molar-refractivity contribution in [3.63, 3.8) is 0 Å². The van der Waals surface area contributed by atoms with Crippen molar-refractivity contribution in [1.29, 1.82) is 5.26 Å². The van der Waals surface area contributed by atoms with Gasteiger partial charge in [-0.2, -0.15) is 9.94 Å². The van der Waals surface area contributed by atoms with E-state index in [9.17, 15) is 0 Å². The number of aromatic nitrogens is 5. The number of nitriles is 1. The molecule has 0 spiro atoms. The average molecular weight is 229 g/mol. The fraction of sp³-hybridized carbons (Fsp3) is 0.300. The first kappa shape index (κ1) is 11.2. The Kier molecular flexibility index (Phi) is 2.80. The lowest BCUT2D eigenvalue weighted by Crippen LogP contribution is -2.15. The summed E-state index contributed by atoms with van der Waals surface area (Å²) in [6.45, 7) is 3.56. The minimum Gasteiger partial charge on any atom is -0.322 e. The van der Waals surface area contributed by atoms with Crippen molar-refractivity contribution >= 4 is 0 Å². The van der Waals surface area contributed by atoms with Gasteiger partial charge >= 0.3 is 0 Å². The lowest BCUT2D eigenvalue weighted by Gasteiger charge is -2.06. The Morgan fingerprint density at radius 2 is 2.24 bits per heavy atom. The summed E-state index contributed by atoms with van der Waals surface area (Å²) < 4.78 is 1.46. The maximum absolute atomic E-state index is 8.78. The van der Waals surface area contributed by atoms with Crippen molar-refractivity contribution in [3.8, 4) is 12.0 Å². The second-order valence-corrected chi connectivity index (χ2v) is 3.57. The van der Waals surface area contributed by atoms with Gasteiger partial charge in [-0.3, -0.25) is 0 Å². The zero-order chi connectivity index (χ0) is 12.4. The van der Waals surface area contributed by atoms with Gasteiger partial charge in [-0.1, -0.05) is 0 Å². The monoisotopic (exact) mass is 229 g/mol. The molecule has 0 unspecified atom stereocenters. The summed E-state index contributed by atoms with van der Waals surface area (Å²) in [5.74, 6) is 1.46. The molecule has 0 saturated carbocycles. The van der Waals surface area contributed by atoms with E-state index < -0.39 is 0 Å². The molecular weight excluding hydrogens is 218 g/mol. The van der Waals surface area contributed by atoms with Gasteiger partial charge in [-0.15, -0.1) is 5.10 Å². The molecule has 17 heavy (non-hydrogen) atoms. The highest BCUT2D eigenvalue weighted by Crippen LogP contribution is 2.11. The zero-order valence-electron chi connectivity index (χ0n) is 9.49. The summed E-state index contributed by atoms with van der Waals surface area (Å²) in [5, 5.41) is 13.0. The van der Waals surface area contributed by atoms with Gasteiger partial charge in [0.1, 0.15) is 17.6 Å². The molecule has 0 fully saturated rings. The topological polar surface area (TPSA) is 106 Å². The number of hydrogen-bond donors (Lipinski definition) is 1. The van der Waals surface area contributed by atoms with Crippen LogP contribution in [0.1, 0.15) is 30.3 Å². The fourth-order valence-electron chi connectivity index (χ4n) is 1.39. The first-order chi connectivity index (χ1) is 8.11. The third kappa shape index (κ3) is 2.11. The van der Waals surface area contributed by atoms with E-state index in [0.717, 1.165) is 0 Å². The minimum atomic E-state index is -0.287. The number of nitrogens with two attached hydrogens (primary N) is 1. The predicted octanol–water partition coefficient (Wildman–Crippen LogP) is 0.257. The second kappa shape index (κ2) is 4.27. The molecule has 2 heterocycles. The van der Waals surface area contributed by atoms with Gasteiger partial charge in [0, 0.05) is 6.20 Å². The van der Waals surface area contributed by atoms with Gasteiger partial charge < -0.3 is 5.73 Å². The molecule has 0 radical (unpaired) electrons. The molecule has 2 aromatic rings. The van der Waals surface area contributed by atoms with Crippen LogP contribution < -0.4 is 5.73 Å². The number of rotatable bonds is 2. The minimum absolute atomic E-state index is 0.277. The Morgan fingerprint density at radius 3 is 2.88 bits per heavy atom. The summed E-state index contributed by atoms with van der Waals surface area (Å²) in [6, 6.07) is 3.19. The molecule has 0 amide bonds. The third-order valence-electron chi connectivity index (χ3n) is 2.09. The SMILES string of the molecule is Cc1nc([C@H](C)N)n(-c2nccc(C#N)n2)n1. The molecule has 7 nitrogen and oxygen atoms in total. The number of hydrogen-bond acceptors (Lipinski definition) is 6. The number of aryl methyl sites for hydroxylation is 1. The van der Waals surface area contributed by atoms with E-state index in [4.69, 9.17) is 11.0 Å². The van der Waals surface area contributed by atoms with E-state index in [0.29, 0.717) is 17.6 Å². The lowest BCUT2D eigenvalue weighted by atomic mass is 10.3. The molecule has 86 valence electrons. The fourth-order valence-corrected chi connectivity index (χ4v) is 1.39. The van der Waals surface area contributed by atoms with Gasteiger partial charge in [0.05, 0.1) is 6.04 Å². The van der Waals surface area contributed by atoms with Gasteiger partial charge in [0.2, 0.25) is 0 Å². The summed E-state index contributed by atoms with van der Waals surface area (Å²) in [5.41, 5.74) is 6.07. The molecule has 0 aliphatic heterocycles. The van der Waals surface area contributed by atoms with Crippen molar-refractivity contribution in [2.24, 2.45) is 5.73 Å². The standard InChI is InChI=1S/C10H11N7/c1-6(12)9-14-7(2)16-17(9)10-13-4-3-8(5-11)15-10/h3-4,6H,12H2,1-2H3/t6-/m0/s1. The summed E-state index contributed by atoms with van der Waals surface area (Å²) in [6.07, 6.45) is 1.50. The van der Waals surface area contributed by atoms with Crippen LogP contribution in [0.5, 0.6) is 0 Å². The van der Waals surface area contributed by atoms with Crippen molar-refractivity contribution < 1.29 is 0 Å². The molecule has 0 aromatic carbocycles. The van der Waals surface area contributed by atoms with E-state index in [1.807, 2.05) is 6.07 Å². The summed E-state index contributed by atoms with van der Waals surface area (Å²) >= 11 is 0. The molecule has 2 aromatic heterocycles. The van der Waals surface area contributed by atoms with Gasteiger partial charge in [-0.25, -0.2) is 15.0 Å². The van der Waals surface area contributed by atoms with E-state index >= 15 is 0 Å². The highest BCUT2D eigenvalue weighted by atomic mass is 15.4. The molecular formula is C10H11N7. The van der Waals surface area contributed by atoms with Crippen LogP contribution in [0, 0.1) is 18.3 Å². The van der Waals surface area contributed by atoms with Gasteiger partial charge in [0.25, 0.3) is 5.95 Å². The van der Waals surface area contributed by atoms with Crippen LogP contribution in [-0.2, 0) is 0 Å². The third-order valence-corrected chi connectivity index (χ3v) is 2.09. The van der Waals surface area contributed by atoms with Gasteiger partial charge in [-0.05, 0) is 19.9 Å². The maximum Gasteiger partial charge on any atom is 0.253 e. The highest BCUT2D eigenvalue weighted by Gasteiger charge is 2.15. The van der Waals surface area contributed by atoms with E-state index in [2.05, 4.69) is 20.1 Å². The first-order valence-electron chi connectivity index (χ1n) is 5.04. The Labute approximate surface area is 97.9 Å². The molecule has 0 aliphatic carbocycles. The van der Waals surface area contributed by atoms with E-state index in [1.54, 1.807) is 13.8 Å². The maximum atomic E-state index is 8.78. The van der Waals surface area contributed by atoms with E-state index in [-0.39, 0.29) is 11.7 Å². The molecule has 7 heteroatoms. The van der Waals surface area contributed by atoms with Crippen LogP contribution in [0.15, 0.2) is 12.3 Å². The molecule has 1 atom stereocenters. The number of nitrogens with zero attached hydrogens (tertiary/aromatic N) is 6. The van der Waals surface area contributed by atoms with Crippen molar-refractivity contribution in [2.75, 3.05) is 0 Å². The smallest absolute Gasteiger partial charge is 0.253 e. The van der Waals surface area contributed by atoms with Crippen LogP contribution in [0.4, 0.5) is 0 Å². The van der Waals surface area contributed by atoms with Crippen molar-refractivity contribution in [3.05, 3.63) is 29.6 Å². The van der Waals surface area contributed by atoms with E-state index in [1.165, 1.54) is 16.9 Å². The van der Waals surface area contributed by atoms with Crippen molar-refractivity contribution in [2.45, 2.75) is 19.9 Å². The quantitative estimate of drug-likeness (QED) is 0.791. The van der Waals surface area contributed by atoms with Crippen LogP contribution in [0.2, 0.25) is 0 Å².